The van der Waals surface area contributed by atoms with Gasteiger partial charge in [-0.15, -0.1) is 12.4 Å². The molecule has 2 rings (SSSR count). The smallest absolute Gasteiger partial charge is 0.387 e. The normalized spacial score (nSPS) is 22.7. The molecular formula is C13H18ClF3N2O3S. The number of nitrogens with zero attached hydrogens (tertiary/aromatic N) is 1. The molecule has 0 aromatic heterocycles. The third-order valence-corrected chi connectivity index (χ3v) is 5.41. The first-order chi connectivity index (χ1) is 10.2. The second-order valence-electron chi connectivity index (χ2n) is 5.20. The van der Waals surface area contributed by atoms with Gasteiger partial charge in [-0.1, -0.05) is 0 Å². The van der Waals surface area contributed by atoms with Gasteiger partial charge in [-0.2, -0.15) is 13.1 Å². The number of nitrogens with one attached hydrogen (secondary N) is 1. The maximum Gasteiger partial charge on any atom is 0.387 e. The van der Waals surface area contributed by atoms with Gasteiger partial charge in [0.15, 0.2) is 11.6 Å². The van der Waals surface area contributed by atoms with Gasteiger partial charge in [-0.3, -0.25) is 0 Å². The monoisotopic (exact) mass is 374 g/mol. The molecular weight excluding hydrogens is 357 g/mol. The van der Waals surface area contributed by atoms with Crippen LogP contribution in [0.1, 0.15) is 13.8 Å². The van der Waals surface area contributed by atoms with E-state index in [2.05, 4.69) is 10.1 Å². The lowest BCUT2D eigenvalue weighted by molar-refractivity contribution is -0.0522. The number of hydrogen-bond acceptors (Lipinski definition) is 4. The van der Waals surface area contributed by atoms with Crippen LogP contribution in [-0.4, -0.2) is 44.5 Å². The molecule has 23 heavy (non-hydrogen) atoms. The van der Waals surface area contributed by atoms with Crippen LogP contribution in [0.5, 0.6) is 5.75 Å². The van der Waals surface area contributed by atoms with Crippen molar-refractivity contribution < 1.29 is 26.3 Å². The summed E-state index contributed by atoms with van der Waals surface area (Å²) in [6.07, 6.45) is 0. The van der Waals surface area contributed by atoms with E-state index in [-0.39, 0.29) is 35.9 Å². The van der Waals surface area contributed by atoms with Crippen molar-refractivity contribution in [1.82, 2.24) is 9.62 Å². The Morgan fingerprint density at radius 3 is 2.57 bits per heavy atom. The molecule has 1 N–H and O–H groups in total. The molecule has 1 aromatic rings. The molecule has 1 aromatic carbocycles. The lowest BCUT2D eigenvalue weighted by Crippen LogP contribution is -2.56. The molecule has 10 heteroatoms. The Morgan fingerprint density at radius 2 is 2.00 bits per heavy atom. The molecule has 2 atom stereocenters. The minimum Gasteiger partial charge on any atom is -0.432 e. The Morgan fingerprint density at radius 1 is 1.35 bits per heavy atom. The summed E-state index contributed by atoms with van der Waals surface area (Å²) in [7, 11) is -3.90. The Labute approximate surface area is 139 Å². The van der Waals surface area contributed by atoms with E-state index in [1.807, 2.05) is 6.92 Å². The predicted octanol–water partition coefficient (Wildman–Crippen LogP) is 2.22. The molecule has 0 radical (unpaired) electrons. The van der Waals surface area contributed by atoms with E-state index < -0.39 is 28.2 Å². The fourth-order valence-corrected chi connectivity index (χ4v) is 4.02. The highest BCUT2D eigenvalue weighted by Crippen LogP contribution is 2.26. The lowest BCUT2D eigenvalue weighted by Gasteiger charge is -2.36. The molecule has 1 fully saturated rings. The van der Waals surface area contributed by atoms with Gasteiger partial charge in [0.05, 0.1) is 4.90 Å². The molecule has 1 aliphatic heterocycles. The van der Waals surface area contributed by atoms with Crippen molar-refractivity contribution in [3.05, 3.63) is 24.0 Å². The van der Waals surface area contributed by atoms with Crippen LogP contribution in [0.3, 0.4) is 0 Å². The first-order valence-electron chi connectivity index (χ1n) is 6.71. The lowest BCUT2D eigenvalue weighted by atomic mass is 10.2. The van der Waals surface area contributed by atoms with Crippen LogP contribution in [0.4, 0.5) is 13.2 Å². The molecule has 0 saturated carbocycles. The van der Waals surface area contributed by atoms with E-state index in [0.29, 0.717) is 12.6 Å². The molecule has 1 saturated heterocycles. The summed E-state index contributed by atoms with van der Waals surface area (Å²) >= 11 is 0. The molecule has 2 unspecified atom stereocenters. The summed E-state index contributed by atoms with van der Waals surface area (Å²) in [6.45, 7) is 1.14. The third-order valence-electron chi connectivity index (χ3n) is 3.43. The van der Waals surface area contributed by atoms with Crippen LogP contribution in [-0.2, 0) is 10.0 Å². The number of hydrogen-bond donors (Lipinski definition) is 1. The van der Waals surface area contributed by atoms with Gasteiger partial charge in [0.1, 0.15) is 0 Å². The van der Waals surface area contributed by atoms with Gasteiger partial charge in [-0.25, -0.2) is 12.8 Å². The summed E-state index contributed by atoms with van der Waals surface area (Å²) in [5, 5.41) is 3.14. The van der Waals surface area contributed by atoms with Crippen molar-refractivity contribution in [2.24, 2.45) is 0 Å². The standard InChI is InChI=1S/C13H17F3N2O3S.ClH/c1-8-7-18(9(2)6-17-8)22(19,20)10-3-4-12(11(14)5-10)21-13(15)16;/h3-5,8-9,13,17H,6-7H2,1-2H3;1H. The zero-order valence-corrected chi connectivity index (χ0v) is 14.1. The van der Waals surface area contributed by atoms with E-state index >= 15 is 0 Å². The number of rotatable bonds is 4. The number of benzene rings is 1. The minimum absolute atomic E-state index is 0. The van der Waals surface area contributed by atoms with Crippen molar-refractivity contribution in [2.45, 2.75) is 37.4 Å². The summed E-state index contributed by atoms with van der Waals surface area (Å²) < 4.78 is 68.3. The minimum atomic E-state index is -3.90. The number of sulfonamides is 1. The average Bonchev–Trinajstić information content (AvgIpc) is 2.43. The first kappa shape index (κ1) is 20.0. The molecule has 1 aliphatic rings. The van der Waals surface area contributed by atoms with E-state index in [9.17, 15) is 21.6 Å². The molecule has 0 bridgehead atoms. The SMILES string of the molecule is CC1CN(S(=O)(=O)c2ccc(OC(F)F)c(F)c2)C(C)CN1.Cl. The highest BCUT2D eigenvalue weighted by atomic mass is 35.5. The zero-order chi connectivity index (χ0) is 16.5. The molecule has 0 spiro atoms. The number of piperazine rings is 1. The van der Waals surface area contributed by atoms with Gasteiger partial charge in [0, 0.05) is 25.2 Å². The topological polar surface area (TPSA) is 58.6 Å². The van der Waals surface area contributed by atoms with Crippen molar-refractivity contribution >= 4 is 22.4 Å². The van der Waals surface area contributed by atoms with Gasteiger partial charge >= 0.3 is 6.61 Å². The van der Waals surface area contributed by atoms with Gasteiger partial charge in [-0.05, 0) is 32.0 Å². The number of alkyl halides is 2. The summed E-state index contributed by atoms with van der Waals surface area (Å²) in [6, 6.07) is 2.34. The van der Waals surface area contributed by atoms with Crippen molar-refractivity contribution in [3.63, 3.8) is 0 Å². The molecule has 0 aliphatic carbocycles. The third kappa shape index (κ3) is 4.50. The second-order valence-corrected chi connectivity index (χ2v) is 7.09. The van der Waals surface area contributed by atoms with Crippen molar-refractivity contribution in [3.8, 4) is 5.75 Å². The fraction of sp³-hybridized carbons (Fsp3) is 0.538. The maximum atomic E-state index is 13.7. The van der Waals surface area contributed by atoms with E-state index in [1.165, 1.54) is 4.31 Å². The van der Waals surface area contributed by atoms with Crippen molar-refractivity contribution in [1.29, 1.82) is 0 Å². The average molecular weight is 375 g/mol. The molecule has 5 nitrogen and oxygen atoms in total. The van der Waals surface area contributed by atoms with Gasteiger partial charge < -0.3 is 10.1 Å². The Hall–Kier alpha value is -1.03. The Bertz CT molecular complexity index is 645. The summed E-state index contributed by atoms with van der Waals surface area (Å²) in [5.74, 6) is -1.83. The molecule has 132 valence electrons. The Balaban J connectivity index is 0.00000264. The van der Waals surface area contributed by atoms with Gasteiger partial charge in [0.2, 0.25) is 10.0 Å². The first-order valence-corrected chi connectivity index (χ1v) is 8.15. The summed E-state index contributed by atoms with van der Waals surface area (Å²) in [5.41, 5.74) is 0. The van der Waals surface area contributed by atoms with E-state index in [0.717, 1.165) is 12.1 Å². The number of halogens is 4. The quantitative estimate of drug-likeness (QED) is 0.878. The van der Waals surface area contributed by atoms with E-state index in [4.69, 9.17) is 0 Å². The highest BCUT2D eigenvalue weighted by Gasteiger charge is 2.33. The van der Waals surface area contributed by atoms with Crippen LogP contribution in [0.25, 0.3) is 0 Å². The van der Waals surface area contributed by atoms with Crippen LogP contribution in [0, 0.1) is 5.82 Å². The summed E-state index contributed by atoms with van der Waals surface area (Å²) in [4.78, 5) is -0.285. The highest BCUT2D eigenvalue weighted by molar-refractivity contribution is 7.89. The van der Waals surface area contributed by atoms with E-state index in [1.54, 1.807) is 6.92 Å². The van der Waals surface area contributed by atoms with Crippen molar-refractivity contribution in [2.75, 3.05) is 13.1 Å². The van der Waals surface area contributed by atoms with Gasteiger partial charge in [0.25, 0.3) is 0 Å². The Kier molecular flexibility index (Phi) is 6.70. The largest absolute Gasteiger partial charge is 0.432 e. The van der Waals surface area contributed by atoms with Crippen LogP contribution in [0.2, 0.25) is 0 Å². The maximum absolute atomic E-state index is 13.7. The molecule has 1 heterocycles. The van der Waals surface area contributed by atoms with Crippen LogP contribution >= 0.6 is 12.4 Å². The second kappa shape index (κ2) is 7.69. The fourth-order valence-electron chi connectivity index (χ4n) is 2.29. The zero-order valence-electron chi connectivity index (χ0n) is 12.5. The van der Waals surface area contributed by atoms with Crippen LogP contribution < -0.4 is 10.1 Å². The van der Waals surface area contributed by atoms with Crippen LogP contribution in [0.15, 0.2) is 23.1 Å². The number of ether oxygens (including phenoxy) is 1. The molecule has 0 amide bonds. The predicted molar refractivity (Wildman–Crippen MR) is 81.1 cm³/mol.